The summed E-state index contributed by atoms with van der Waals surface area (Å²) in [6.07, 6.45) is 5.09. The highest BCUT2D eigenvalue weighted by Crippen LogP contribution is 2.23. The minimum atomic E-state index is -0.956. The van der Waals surface area contributed by atoms with E-state index in [9.17, 15) is 13.4 Å². The van der Waals surface area contributed by atoms with E-state index >= 15 is 0 Å². The molecule has 1 amide bonds. The summed E-state index contributed by atoms with van der Waals surface area (Å²) >= 11 is -0.782. The molecule has 32 heavy (non-hydrogen) atoms. The van der Waals surface area contributed by atoms with Crippen molar-refractivity contribution in [3.63, 3.8) is 0 Å². The summed E-state index contributed by atoms with van der Waals surface area (Å²) in [4.78, 5) is 16.2. The number of hydrogen-bond acceptors (Lipinski definition) is 6. The van der Waals surface area contributed by atoms with E-state index in [1.807, 2.05) is 47.6 Å². The number of halogens is 2. The summed E-state index contributed by atoms with van der Waals surface area (Å²) in [5.41, 5.74) is 0.393. The molecule has 0 spiro atoms. The maximum atomic E-state index is 13.2. The number of nitrogens with zero attached hydrogens (tertiary/aromatic N) is 3. The summed E-state index contributed by atoms with van der Waals surface area (Å²) in [5, 5.41) is 6.69. The van der Waals surface area contributed by atoms with Crippen LogP contribution < -0.4 is 8.85 Å². The Labute approximate surface area is 199 Å². The fourth-order valence-electron chi connectivity index (χ4n) is 2.47. The highest BCUT2D eigenvalue weighted by atomic mass is 127. The average Bonchev–Trinajstić information content (AvgIpc) is 3.11. The molecular formula is C21H32FIN5O3S-. The summed E-state index contributed by atoms with van der Waals surface area (Å²) in [6.45, 7) is 11.8. The Balaban J connectivity index is 2.07. The van der Waals surface area contributed by atoms with Crippen molar-refractivity contribution in [1.29, 1.82) is 0 Å². The Bertz CT molecular complexity index is 977. The third-order valence-corrected chi connectivity index (χ3v) is 11.9. The second-order valence-corrected chi connectivity index (χ2v) is 15.4. The highest BCUT2D eigenvalue weighted by molar-refractivity contribution is 14.2. The van der Waals surface area contributed by atoms with Crippen molar-refractivity contribution in [1.82, 2.24) is 23.6 Å². The zero-order valence-corrected chi connectivity index (χ0v) is 22.3. The van der Waals surface area contributed by atoms with E-state index in [1.165, 1.54) is 10.9 Å². The van der Waals surface area contributed by atoms with E-state index in [-0.39, 0.29) is 10.8 Å². The number of nitrogens with one attached hydrogen (secondary N) is 2. The lowest BCUT2D eigenvalue weighted by Gasteiger charge is -2.25. The quantitative estimate of drug-likeness (QED) is 0.200. The first-order chi connectivity index (χ1) is 14.8. The standard InChI is InChI=1S/C21H32FIN5O3S/c1-20(2,3)31-19(29)24-11-7-8-17(27-23-32(30)21(4,5)6)15-9-10-18(25-12-15)28-14-16(22)13-26-28/h9-10,12-14,17,27H,7-8,11H2,1-6H3,(H,24,29)/q-1/t17-/m0/s1. The molecule has 0 aliphatic rings. The summed E-state index contributed by atoms with van der Waals surface area (Å²) in [5.74, 6) is 0.0817. The maximum Gasteiger partial charge on any atom is 0.407 e. The molecule has 0 radical (unpaired) electrons. The van der Waals surface area contributed by atoms with E-state index in [2.05, 4.69) is 18.9 Å². The van der Waals surface area contributed by atoms with E-state index in [4.69, 9.17) is 4.74 Å². The Kier molecular flexibility index (Phi) is 9.58. The zero-order valence-electron chi connectivity index (χ0n) is 19.3. The van der Waals surface area contributed by atoms with Crippen LogP contribution in [-0.2, 0) is 16.4 Å². The van der Waals surface area contributed by atoms with Crippen LogP contribution >= 0.6 is 19.5 Å². The Morgan fingerprint density at radius 3 is 2.50 bits per heavy atom. The van der Waals surface area contributed by atoms with Gasteiger partial charge in [-0.15, -0.1) is 0 Å². The highest BCUT2D eigenvalue weighted by Gasteiger charge is 2.16. The first-order valence-corrected chi connectivity index (χ1v) is 15.1. The lowest BCUT2D eigenvalue weighted by molar-refractivity contribution is 0.0526. The average molecular weight is 580 g/mol. The van der Waals surface area contributed by atoms with Crippen molar-refractivity contribution < 1.29 is 18.1 Å². The third-order valence-electron chi connectivity index (χ3n) is 4.02. The molecule has 0 saturated carbocycles. The molecule has 11 heteroatoms. The number of amides is 1. The lowest BCUT2D eigenvalue weighted by atomic mass is 10.1. The normalized spacial score (nSPS) is 14.5. The topological polar surface area (TPSA) is 98.1 Å². The van der Waals surface area contributed by atoms with Gasteiger partial charge in [-0.2, -0.15) is 24.6 Å². The number of rotatable bonds is 8. The van der Waals surface area contributed by atoms with Crippen molar-refractivity contribution in [2.45, 2.75) is 70.8 Å². The van der Waals surface area contributed by atoms with Gasteiger partial charge < -0.3 is 14.3 Å². The maximum absolute atomic E-state index is 13.2. The Hall–Kier alpha value is -1.60. The van der Waals surface area contributed by atoms with Gasteiger partial charge in [-0.3, -0.25) is 3.53 Å². The zero-order chi connectivity index (χ0) is 23.9. The number of carbonyl (C=O) groups is 1. The molecule has 0 unspecified atom stereocenters. The van der Waals surface area contributed by atoms with Gasteiger partial charge in [0.2, 0.25) is 0 Å². The second-order valence-electron chi connectivity index (χ2n) is 9.20. The SMILES string of the molecule is CC(C)(C)OC(=O)NCCC[C@H](NI=[S-](=O)C(C)(C)C)c1ccc(-n2cc(F)cn2)nc1. The molecule has 2 N–H and O–H groups in total. The minimum absolute atomic E-state index is 0.0644. The molecule has 0 fully saturated rings. The molecule has 2 aromatic heterocycles. The molecule has 2 heterocycles. The number of pyridine rings is 1. The largest absolute Gasteiger partial charge is 0.454 e. The van der Waals surface area contributed by atoms with Gasteiger partial charge in [-0.1, -0.05) is 31.6 Å². The lowest BCUT2D eigenvalue weighted by Crippen LogP contribution is -2.33. The summed E-state index contributed by atoms with van der Waals surface area (Å²) < 4.78 is 35.6. The first kappa shape index (κ1) is 26.7. The van der Waals surface area contributed by atoms with Gasteiger partial charge in [0.25, 0.3) is 0 Å². The van der Waals surface area contributed by atoms with Crippen molar-refractivity contribution in [2.75, 3.05) is 6.54 Å². The smallest absolute Gasteiger partial charge is 0.407 e. The van der Waals surface area contributed by atoms with Gasteiger partial charge >= 0.3 is 6.09 Å². The molecule has 2 aromatic rings. The van der Waals surface area contributed by atoms with Gasteiger partial charge in [0, 0.05) is 18.8 Å². The monoisotopic (exact) mass is 580 g/mol. The number of carbonyl (C=O) groups excluding carboxylic acids is 1. The van der Waals surface area contributed by atoms with Crippen LogP contribution in [0.4, 0.5) is 9.18 Å². The van der Waals surface area contributed by atoms with Crippen LogP contribution in [0.3, 0.4) is 0 Å². The van der Waals surface area contributed by atoms with Crippen molar-refractivity contribution in [3.05, 3.63) is 42.1 Å². The number of alkyl carbamates (subject to hydrolysis) is 1. The van der Waals surface area contributed by atoms with E-state index in [1.54, 1.807) is 12.3 Å². The predicted octanol–water partition coefficient (Wildman–Crippen LogP) is 4.91. The minimum Gasteiger partial charge on any atom is -0.454 e. The van der Waals surface area contributed by atoms with E-state index < -0.39 is 44.5 Å². The number of ether oxygens (including phenoxy) is 1. The molecule has 0 aliphatic heterocycles. The molecule has 2 rings (SSSR count). The molecule has 8 nitrogen and oxygen atoms in total. The van der Waals surface area contributed by atoms with Crippen LogP contribution in [0.5, 0.6) is 0 Å². The van der Waals surface area contributed by atoms with Crippen LogP contribution in [0.25, 0.3) is 5.82 Å². The molecule has 0 saturated heterocycles. The molecule has 1 atom stereocenters. The third kappa shape index (κ3) is 9.10. The van der Waals surface area contributed by atoms with Crippen LogP contribution in [0, 0.1) is 5.82 Å². The van der Waals surface area contributed by atoms with E-state index in [0.29, 0.717) is 25.2 Å². The number of aromatic nitrogens is 3. The Morgan fingerprint density at radius 2 is 1.97 bits per heavy atom. The summed E-state index contributed by atoms with van der Waals surface area (Å²) in [6, 6.07) is 3.62. The van der Waals surface area contributed by atoms with Crippen LogP contribution in [0.1, 0.15) is 66.0 Å². The van der Waals surface area contributed by atoms with Crippen LogP contribution in [0.2, 0.25) is 0 Å². The first-order valence-electron chi connectivity index (χ1n) is 10.3. The van der Waals surface area contributed by atoms with Gasteiger partial charge in [0.15, 0.2) is 11.6 Å². The molecule has 0 aromatic carbocycles. The molecule has 180 valence electrons. The van der Waals surface area contributed by atoms with Crippen LogP contribution in [-0.4, -0.2) is 37.8 Å². The molecule has 0 aliphatic carbocycles. The molecular weight excluding hydrogens is 548 g/mol. The second kappa shape index (κ2) is 11.5. The van der Waals surface area contributed by atoms with Crippen molar-refractivity contribution >= 4 is 33.1 Å². The number of hydrogen-bond donors (Lipinski definition) is 2. The van der Waals surface area contributed by atoms with Crippen molar-refractivity contribution in [3.8, 4) is 5.82 Å². The van der Waals surface area contributed by atoms with E-state index in [0.717, 1.165) is 11.8 Å². The van der Waals surface area contributed by atoms with Gasteiger partial charge in [0.1, 0.15) is 5.60 Å². The Morgan fingerprint density at radius 1 is 1.25 bits per heavy atom. The van der Waals surface area contributed by atoms with Gasteiger partial charge in [0.05, 0.1) is 12.4 Å². The van der Waals surface area contributed by atoms with Crippen molar-refractivity contribution in [2.24, 2.45) is 0 Å². The van der Waals surface area contributed by atoms with Gasteiger partial charge in [-0.05, 0) is 45.2 Å². The predicted molar refractivity (Wildman–Crippen MR) is 132 cm³/mol. The van der Waals surface area contributed by atoms with Crippen LogP contribution in [0.15, 0.2) is 30.7 Å². The fraction of sp³-hybridized carbons (Fsp3) is 0.571. The molecule has 0 bridgehead atoms. The summed E-state index contributed by atoms with van der Waals surface area (Å²) in [7, 11) is -0.956. The fourth-order valence-corrected chi connectivity index (χ4v) is 7.16. The van der Waals surface area contributed by atoms with Gasteiger partial charge in [-0.25, -0.2) is 26.3 Å².